The first kappa shape index (κ1) is 36.2. The molecule has 2 aromatic carbocycles. The molecule has 0 fully saturated rings. The highest BCUT2D eigenvalue weighted by Gasteiger charge is 2.17. The molecule has 0 aliphatic rings. The van der Waals surface area contributed by atoms with Gasteiger partial charge in [0.1, 0.15) is 11.5 Å². The Bertz CT molecular complexity index is 912. The smallest absolute Gasteiger partial charge is 0.119 e. The van der Waals surface area contributed by atoms with Gasteiger partial charge in [-0.15, -0.1) is 0 Å². The van der Waals surface area contributed by atoms with Crippen molar-refractivity contribution in [1.82, 2.24) is 0 Å². The number of rotatable bonds is 19. The Kier molecular flexibility index (Phi) is 14.4. The molecule has 0 bridgehead atoms. The average molecular weight is 583 g/mol. The number of benzene rings is 2. The second kappa shape index (κ2) is 16.7. The van der Waals surface area contributed by atoms with Gasteiger partial charge in [-0.3, -0.25) is 0 Å². The van der Waals surface area contributed by atoms with Gasteiger partial charge < -0.3 is 18.4 Å². The number of nitrogens with zero attached hydrogens (tertiary/aromatic N) is 2. The van der Waals surface area contributed by atoms with Crippen LogP contribution in [0.4, 0.5) is 0 Å². The third-order valence-electron chi connectivity index (χ3n) is 8.57. The minimum Gasteiger partial charge on any atom is -0.494 e. The van der Waals surface area contributed by atoms with Crippen LogP contribution in [0.25, 0.3) is 0 Å². The molecule has 4 heteroatoms. The summed E-state index contributed by atoms with van der Waals surface area (Å²) in [4.78, 5) is 0. The normalized spacial score (nSPS) is 12.9. The lowest BCUT2D eigenvalue weighted by molar-refractivity contribution is -0.891. The van der Waals surface area contributed by atoms with Crippen molar-refractivity contribution in [3.05, 3.63) is 59.7 Å². The van der Waals surface area contributed by atoms with E-state index in [1.54, 1.807) is 0 Å². The predicted molar refractivity (Wildman–Crippen MR) is 182 cm³/mol. The second-order valence-corrected chi connectivity index (χ2v) is 15.8. The van der Waals surface area contributed by atoms with E-state index >= 15 is 0 Å². The number of hydrogen-bond acceptors (Lipinski definition) is 2. The van der Waals surface area contributed by atoms with E-state index in [9.17, 15) is 0 Å². The molecule has 0 aliphatic heterocycles. The zero-order valence-corrected chi connectivity index (χ0v) is 29.2. The fourth-order valence-corrected chi connectivity index (χ4v) is 5.42. The molecule has 0 heterocycles. The van der Waals surface area contributed by atoms with Crippen molar-refractivity contribution in [3.63, 3.8) is 0 Å². The maximum absolute atomic E-state index is 5.99. The molecular formula is C38H66N2O2+2. The molecule has 2 aromatic rings. The molecule has 0 saturated carbocycles. The van der Waals surface area contributed by atoms with E-state index in [1.165, 1.54) is 75.8 Å². The van der Waals surface area contributed by atoms with E-state index in [0.29, 0.717) is 0 Å². The zero-order chi connectivity index (χ0) is 31.3. The Morgan fingerprint density at radius 1 is 0.429 bits per heavy atom. The highest BCUT2D eigenvalue weighted by atomic mass is 16.5. The lowest BCUT2D eigenvalue weighted by Crippen LogP contribution is -2.41. The molecule has 238 valence electrons. The minimum atomic E-state index is 0.189. The van der Waals surface area contributed by atoms with Gasteiger partial charge in [0.2, 0.25) is 0 Å². The van der Waals surface area contributed by atoms with E-state index in [1.807, 2.05) is 0 Å². The highest BCUT2D eigenvalue weighted by molar-refractivity contribution is 5.31. The molecule has 0 radical (unpaired) electrons. The summed E-state index contributed by atoms with van der Waals surface area (Å²) in [6.07, 6.45) is 10.0. The summed E-state index contributed by atoms with van der Waals surface area (Å²) in [7, 11) is 9.54. The van der Waals surface area contributed by atoms with E-state index in [2.05, 4.69) is 118 Å². The SMILES string of the molecule is CC(C)(C)c1ccc(OCCCC[N+](C)(C)CCCCCC[N+](C)(C)CCCCOc2ccc(C(C)(C)C)cc2)cc1. The summed E-state index contributed by atoms with van der Waals surface area (Å²) in [5.41, 5.74) is 3.09. The van der Waals surface area contributed by atoms with Gasteiger partial charge in [0, 0.05) is 0 Å². The lowest BCUT2D eigenvalue weighted by atomic mass is 9.87. The summed E-state index contributed by atoms with van der Waals surface area (Å²) < 4.78 is 14.2. The fraction of sp³-hybridized carbons (Fsp3) is 0.684. The van der Waals surface area contributed by atoms with Crippen molar-refractivity contribution in [2.75, 3.05) is 67.6 Å². The summed E-state index contributed by atoms with van der Waals surface area (Å²) in [5, 5.41) is 0. The van der Waals surface area contributed by atoms with Crippen LogP contribution in [0.15, 0.2) is 48.5 Å². The number of quaternary nitrogens is 2. The molecule has 42 heavy (non-hydrogen) atoms. The third-order valence-corrected chi connectivity index (χ3v) is 8.57. The Hall–Kier alpha value is -2.04. The summed E-state index contributed by atoms with van der Waals surface area (Å²) in [5.74, 6) is 1.98. The van der Waals surface area contributed by atoms with Crippen LogP contribution in [0.1, 0.15) is 104 Å². The van der Waals surface area contributed by atoms with Gasteiger partial charge >= 0.3 is 0 Å². The van der Waals surface area contributed by atoms with Gasteiger partial charge in [-0.05, 0) is 97.6 Å². The first-order chi connectivity index (χ1) is 19.6. The quantitative estimate of drug-likeness (QED) is 0.122. The van der Waals surface area contributed by atoms with Crippen LogP contribution in [0.5, 0.6) is 11.5 Å². The van der Waals surface area contributed by atoms with Crippen molar-refractivity contribution in [3.8, 4) is 11.5 Å². The Labute approximate surface area is 260 Å². The van der Waals surface area contributed by atoms with Crippen molar-refractivity contribution < 1.29 is 18.4 Å². The van der Waals surface area contributed by atoms with Gasteiger partial charge in [-0.2, -0.15) is 0 Å². The van der Waals surface area contributed by atoms with Crippen LogP contribution in [0.3, 0.4) is 0 Å². The fourth-order valence-electron chi connectivity index (χ4n) is 5.42. The summed E-state index contributed by atoms with van der Waals surface area (Å²) in [6.45, 7) is 20.1. The van der Waals surface area contributed by atoms with Crippen molar-refractivity contribution in [2.24, 2.45) is 0 Å². The first-order valence-electron chi connectivity index (χ1n) is 16.7. The van der Waals surface area contributed by atoms with Gasteiger partial charge in [0.25, 0.3) is 0 Å². The first-order valence-corrected chi connectivity index (χ1v) is 16.7. The van der Waals surface area contributed by atoms with E-state index in [0.717, 1.165) is 46.5 Å². The average Bonchev–Trinajstić information content (AvgIpc) is 2.89. The van der Waals surface area contributed by atoms with Crippen LogP contribution in [0, 0.1) is 0 Å². The largest absolute Gasteiger partial charge is 0.494 e. The van der Waals surface area contributed by atoms with E-state index in [4.69, 9.17) is 9.47 Å². The highest BCUT2D eigenvalue weighted by Crippen LogP contribution is 2.25. The lowest BCUT2D eigenvalue weighted by Gasteiger charge is -2.31. The van der Waals surface area contributed by atoms with Crippen LogP contribution in [-0.4, -0.2) is 76.5 Å². The minimum absolute atomic E-state index is 0.189. The van der Waals surface area contributed by atoms with Crippen molar-refractivity contribution >= 4 is 0 Å². The molecule has 0 aromatic heterocycles. The molecule has 0 spiro atoms. The molecule has 2 rings (SSSR count). The van der Waals surface area contributed by atoms with E-state index < -0.39 is 0 Å². The van der Waals surface area contributed by atoms with Gasteiger partial charge in [-0.1, -0.05) is 65.8 Å². The number of ether oxygens (including phenoxy) is 2. The number of unbranched alkanes of at least 4 members (excludes halogenated alkanes) is 5. The van der Waals surface area contributed by atoms with Crippen LogP contribution >= 0.6 is 0 Å². The molecular weight excluding hydrogens is 516 g/mol. The molecule has 0 unspecified atom stereocenters. The monoisotopic (exact) mass is 583 g/mol. The van der Waals surface area contributed by atoms with Gasteiger partial charge in [0.05, 0.1) is 67.6 Å². The summed E-state index contributed by atoms with van der Waals surface area (Å²) in [6, 6.07) is 17.2. The van der Waals surface area contributed by atoms with Crippen LogP contribution < -0.4 is 9.47 Å². The van der Waals surface area contributed by atoms with Gasteiger partial charge in [-0.25, -0.2) is 0 Å². The second-order valence-electron chi connectivity index (χ2n) is 15.8. The zero-order valence-electron chi connectivity index (χ0n) is 29.2. The predicted octanol–water partition coefficient (Wildman–Crippen LogP) is 9.01. The molecule has 0 saturated heterocycles. The molecule has 0 N–H and O–H groups in total. The molecule has 0 aliphatic carbocycles. The topological polar surface area (TPSA) is 18.5 Å². The standard InChI is InChI=1S/C38H66N2O2/c1-37(2,3)33-19-23-35(24-20-33)41-31-17-15-29-39(7,8)27-13-11-12-14-28-40(9,10)30-16-18-32-42-36-25-21-34(22-26-36)38(4,5)6/h19-26H,11-18,27-32H2,1-10H3/q+2. The third kappa shape index (κ3) is 14.9. The van der Waals surface area contributed by atoms with Crippen molar-refractivity contribution in [1.29, 1.82) is 0 Å². The maximum atomic E-state index is 5.99. The molecule has 4 nitrogen and oxygen atoms in total. The number of hydrogen-bond donors (Lipinski definition) is 0. The Morgan fingerprint density at radius 3 is 1.00 bits per heavy atom. The van der Waals surface area contributed by atoms with Crippen LogP contribution in [-0.2, 0) is 10.8 Å². The van der Waals surface area contributed by atoms with Crippen molar-refractivity contribution in [2.45, 2.75) is 104 Å². The Morgan fingerprint density at radius 2 is 0.714 bits per heavy atom. The Balaban J connectivity index is 1.48. The summed E-state index contributed by atoms with van der Waals surface area (Å²) >= 11 is 0. The van der Waals surface area contributed by atoms with Gasteiger partial charge in [0.15, 0.2) is 0 Å². The van der Waals surface area contributed by atoms with Crippen LogP contribution in [0.2, 0.25) is 0 Å². The maximum Gasteiger partial charge on any atom is 0.119 e. The van der Waals surface area contributed by atoms with E-state index in [-0.39, 0.29) is 10.8 Å². The molecule has 0 atom stereocenters. The molecule has 0 amide bonds.